The highest BCUT2D eigenvalue weighted by Crippen LogP contribution is 2.32. The highest BCUT2D eigenvalue weighted by Gasteiger charge is 2.31. The van der Waals surface area contributed by atoms with Gasteiger partial charge in [0, 0.05) is 6.54 Å². The average molecular weight is 285 g/mol. The van der Waals surface area contributed by atoms with Crippen molar-refractivity contribution >= 4 is 16.9 Å². The van der Waals surface area contributed by atoms with Crippen molar-refractivity contribution in [1.29, 1.82) is 0 Å². The van der Waals surface area contributed by atoms with Crippen LogP contribution in [-0.4, -0.2) is 27.2 Å². The molecule has 0 aliphatic heterocycles. The van der Waals surface area contributed by atoms with Crippen LogP contribution in [0.2, 0.25) is 0 Å². The van der Waals surface area contributed by atoms with E-state index in [0.717, 1.165) is 54.1 Å². The third-order valence-electron chi connectivity index (χ3n) is 4.53. The fraction of sp³-hybridized carbons (Fsp3) is 0.529. The Kier molecular flexibility index (Phi) is 3.81. The SMILES string of the molecule is Cc1nc2ccccc2nc1NCC1(O)CCC(C)CC1. The second kappa shape index (κ2) is 5.60. The van der Waals surface area contributed by atoms with Crippen LogP contribution < -0.4 is 5.32 Å². The van der Waals surface area contributed by atoms with Gasteiger partial charge in [0.15, 0.2) is 0 Å². The number of anilines is 1. The van der Waals surface area contributed by atoms with Crippen LogP contribution in [0.15, 0.2) is 24.3 Å². The number of nitrogens with one attached hydrogen (secondary N) is 1. The van der Waals surface area contributed by atoms with Crippen molar-refractivity contribution in [2.75, 3.05) is 11.9 Å². The summed E-state index contributed by atoms with van der Waals surface area (Å²) in [7, 11) is 0. The predicted octanol–water partition coefficient (Wildman–Crippen LogP) is 3.29. The van der Waals surface area contributed by atoms with Crippen molar-refractivity contribution in [2.45, 2.75) is 45.1 Å². The first-order chi connectivity index (χ1) is 10.1. The summed E-state index contributed by atoms with van der Waals surface area (Å²) in [6.07, 6.45) is 3.92. The number of nitrogens with zero attached hydrogens (tertiary/aromatic N) is 2. The summed E-state index contributed by atoms with van der Waals surface area (Å²) < 4.78 is 0. The molecular weight excluding hydrogens is 262 g/mol. The summed E-state index contributed by atoms with van der Waals surface area (Å²) in [5, 5.41) is 14.0. The Morgan fingerprint density at radius 3 is 2.48 bits per heavy atom. The first-order valence-electron chi connectivity index (χ1n) is 7.75. The Morgan fingerprint density at radius 1 is 1.19 bits per heavy atom. The molecule has 1 aromatic carbocycles. The van der Waals surface area contributed by atoms with Crippen molar-refractivity contribution in [3.8, 4) is 0 Å². The maximum atomic E-state index is 10.6. The van der Waals surface area contributed by atoms with Crippen molar-refractivity contribution in [1.82, 2.24) is 9.97 Å². The Hall–Kier alpha value is -1.68. The molecule has 1 heterocycles. The molecule has 4 nitrogen and oxygen atoms in total. The molecule has 0 amide bonds. The van der Waals surface area contributed by atoms with Crippen LogP contribution in [0.5, 0.6) is 0 Å². The van der Waals surface area contributed by atoms with Gasteiger partial charge in [-0.3, -0.25) is 0 Å². The van der Waals surface area contributed by atoms with Crippen molar-refractivity contribution in [3.63, 3.8) is 0 Å². The molecule has 2 N–H and O–H groups in total. The standard InChI is InChI=1S/C17H23N3O/c1-12-7-9-17(21,10-8-12)11-18-16-13(2)19-14-5-3-4-6-15(14)20-16/h3-6,12,21H,7-11H2,1-2H3,(H,18,20). The third kappa shape index (κ3) is 3.16. The van der Waals surface area contributed by atoms with E-state index in [1.807, 2.05) is 31.2 Å². The Balaban J connectivity index is 1.74. The lowest BCUT2D eigenvalue weighted by molar-refractivity contribution is 0.00494. The molecule has 1 aliphatic rings. The lowest BCUT2D eigenvalue weighted by Crippen LogP contribution is -2.40. The van der Waals surface area contributed by atoms with Crippen LogP contribution in [0.25, 0.3) is 11.0 Å². The fourth-order valence-corrected chi connectivity index (χ4v) is 2.98. The van der Waals surface area contributed by atoms with Gasteiger partial charge in [-0.15, -0.1) is 0 Å². The first kappa shape index (κ1) is 14.3. The largest absolute Gasteiger partial charge is 0.388 e. The van der Waals surface area contributed by atoms with Gasteiger partial charge in [-0.1, -0.05) is 19.1 Å². The molecule has 1 fully saturated rings. The first-order valence-corrected chi connectivity index (χ1v) is 7.75. The molecule has 2 aromatic rings. The second-order valence-electron chi connectivity index (χ2n) is 6.41. The summed E-state index contributed by atoms with van der Waals surface area (Å²) in [4.78, 5) is 9.19. The zero-order valence-corrected chi connectivity index (χ0v) is 12.8. The van der Waals surface area contributed by atoms with Gasteiger partial charge in [0.2, 0.25) is 0 Å². The van der Waals surface area contributed by atoms with Crippen molar-refractivity contribution < 1.29 is 5.11 Å². The molecule has 3 rings (SSSR count). The van der Waals surface area contributed by atoms with E-state index in [2.05, 4.69) is 22.2 Å². The third-order valence-corrected chi connectivity index (χ3v) is 4.53. The van der Waals surface area contributed by atoms with Crippen molar-refractivity contribution in [3.05, 3.63) is 30.0 Å². The summed E-state index contributed by atoms with van der Waals surface area (Å²) in [5.41, 5.74) is 2.06. The molecule has 0 atom stereocenters. The van der Waals surface area contributed by atoms with Gasteiger partial charge < -0.3 is 10.4 Å². The number of hydrogen-bond donors (Lipinski definition) is 2. The minimum atomic E-state index is -0.605. The molecule has 1 aromatic heterocycles. The summed E-state index contributed by atoms with van der Waals surface area (Å²) >= 11 is 0. The molecule has 112 valence electrons. The molecule has 0 radical (unpaired) electrons. The summed E-state index contributed by atoms with van der Waals surface area (Å²) in [5.74, 6) is 1.51. The maximum absolute atomic E-state index is 10.6. The monoisotopic (exact) mass is 285 g/mol. The highest BCUT2D eigenvalue weighted by molar-refractivity contribution is 5.76. The van der Waals surface area contributed by atoms with Crippen LogP contribution >= 0.6 is 0 Å². The topological polar surface area (TPSA) is 58.0 Å². The van der Waals surface area contributed by atoms with Crippen LogP contribution in [-0.2, 0) is 0 Å². The molecule has 0 unspecified atom stereocenters. The van der Waals surface area contributed by atoms with E-state index < -0.39 is 5.60 Å². The Morgan fingerprint density at radius 2 is 1.81 bits per heavy atom. The van der Waals surface area contributed by atoms with E-state index >= 15 is 0 Å². The number of aliphatic hydroxyl groups is 1. The zero-order valence-electron chi connectivity index (χ0n) is 12.8. The molecule has 0 saturated heterocycles. The van der Waals surface area contributed by atoms with Gasteiger partial charge in [0.25, 0.3) is 0 Å². The molecular formula is C17H23N3O. The normalized spacial score (nSPS) is 26.0. The van der Waals surface area contributed by atoms with Gasteiger partial charge in [0.05, 0.1) is 22.3 Å². The van der Waals surface area contributed by atoms with E-state index in [-0.39, 0.29) is 0 Å². The van der Waals surface area contributed by atoms with Gasteiger partial charge in [0.1, 0.15) is 5.82 Å². The highest BCUT2D eigenvalue weighted by atomic mass is 16.3. The number of aryl methyl sites for hydroxylation is 1. The lowest BCUT2D eigenvalue weighted by Gasteiger charge is -2.35. The van der Waals surface area contributed by atoms with E-state index in [9.17, 15) is 5.11 Å². The minimum absolute atomic E-state index is 0.549. The van der Waals surface area contributed by atoms with Gasteiger partial charge in [-0.05, 0) is 50.7 Å². The van der Waals surface area contributed by atoms with E-state index in [1.165, 1.54) is 0 Å². The van der Waals surface area contributed by atoms with Gasteiger partial charge in [-0.2, -0.15) is 0 Å². The van der Waals surface area contributed by atoms with Crippen LogP contribution in [0.1, 0.15) is 38.3 Å². The van der Waals surface area contributed by atoms with E-state index in [4.69, 9.17) is 0 Å². The predicted molar refractivity (Wildman–Crippen MR) is 85.3 cm³/mol. The summed E-state index contributed by atoms with van der Waals surface area (Å²) in [6, 6.07) is 7.86. The van der Waals surface area contributed by atoms with Crippen LogP contribution in [0.3, 0.4) is 0 Å². The number of rotatable bonds is 3. The molecule has 1 saturated carbocycles. The van der Waals surface area contributed by atoms with E-state index in [0.29, 0.717) is 6.54 Å². The fourth-order valence-electron chi connectivity index (χ4n) is 2.98. The molecule has 1 aliphatic carbocycles. The zero-order chi connectivity index (χ0) is 14.9. The summed E-state index contributed by atoms with van der Waals surface area (Å²) in [6.45, 7) is 4.76. The van der Waals surface area contributed by atoms with Crippen LogP contribution in [0.4, 0.5) is 5.82 Å². The minimum Gasteiger partial charge on any atom is -0.388 e. The number of benzene rings is 1. The maximum Gasteiger partial charge on any atom is 0.148 e. The van der Waals surface area contributed by atoms with Crippen LogP contribution in [0, 0.1) is 12.8 Å². The van der Waals surface area contributed by atoms with Gasteiger partial charge >= 0.3 is 0 Å². The van der Waals surface area contributed by atoms with Crippen molar-refractivity contribution in [2.24, 2.45) is 5.92 Å². The molecule has 0 bridgehead atoms. The van der Waals surface area contributed by atoms with E-state index in [1.54, 1.807) is 0 Å². The number of aromatic nitrogens is 2. The average Bonchev–Trinajstić information content (AvgIpc) is 2.49. The lowest BCUT2D eigenvalue weighted by atomic mass is 9.79. The molecule has 21 heavy (non-hydrogen) atoms. The smallest absolute Gasteiger partial charge is 0.148 e. The Bertz CT molecular complexity index is 633. The number of para-hydroxylation sites is 2. The van der Waals surface area contributed by atoms with Gasteiger partial charge in [-0.25, -0.2) is 9.97 Å². The second-order valence-corrected chi connectivity index (χ2v) is 6.41. The Labute approximate surface area is 125 Å². The number of fused-ring (bicyclic) bond motifs is 1. The molecule has 4 heteroatoms. The molecule has 0 spiro atoms. The number of hydrogen-bond acceptors (Lipinski definition) is 4. The quantitative estimate of drug-likeness (QED) is 0.908.